The molecular weight excluding hydrogens is 322 g/mol. The molecule has 24 heavy (non-hydrogen) atoms. The Morgan fingerprint density at radius 3 is 2.88 bits per heavy atom. The number of aryl methyl sites for hydroxylation is 1. The summed E-state index contributed by atoms with van der Waals surface area (Å²) >= 11 is 1.57. The summed E-state index contributed by atoms with van der Waals surface area (Å²) in [5, 5.41) is 6.02. The number of amides is 1. The van der Waals surface area contributed by atoms with Crippen LogP contribution in [0, 0.1) is 6.92 Å². The molecule has 122 valence electrons. The third-order valence-electron chi connectivity index (χ3n) is 4.24. The molecule has 1 saturated heterocycles. The average Bonchev–Trinajstić information content (AvgIpc) is 3.30. The summed E-state index contributed by atoms with van der Waals surface area (Å²) in [4.78, 5) is 19.6. The highest BCUT2D eigenvalue weighted by Gasteiger charge is 2.34. The number of nitrogens with zero attached hydrogens (tertiary/aromatic N) is 3. The summed E-state index contributed by atoms with van der Waals surface area (Å²) in [5.74, 6) is 1.27. The quantitative estimate of drug-likeness (QED) is 0.728. The van der Waals surface area contributed by atoms with Crippen LogP contribution in [0.5, 0.6) is 0 Å². The highest BCUT2D eigenvalue weighted by Crippen LogP contribution is 2.30. The van der Waals surface area contributed by atoms with Gasteiger partial charge in [-0.2, -0.15) is 4.98 Å². The van der Waals surface area contributed by atoms with Gasteiger partial charge in [-0.25, -0.2) is 0 Å². The molecule has 3 aromatic rings. The van der Waals surface area contributed by atoms with Crippen LogP contribution in [0.2, 0.25) is 0 Å². The Hall–Kier alpha value is -2.47. The van der Waals surface area contributed by atoms with Crippen LogP contribution >= 0.6 is 11.3 Å². The maximum absolute atomic E-state index is 12.3. The smallest absolute Gasteiger partial charge is 0.232 e. The van der Waals surface area contributed by atoms with E-state index in [9.17, 15) is 4.79 Å². The predicted octanol–water partition coefficient (Wildman–Crippen LogP) is 3.62. The van der Waals surface area contributed by atoms with Gasteiger partial charge in [-0.15, -0.1) is 11.3 Å². The lowest BCUT2D eigenvalue weighted by Crippen LogP contribution is -2.24. The summed E-state index contributed by atoms with van der Waals surface area (Å²) in [5.41, 5.74) is 2.36. The fourth-order valence-corrected chi connectivity index (χ4v) is 3.56. The van der Waals surface area contributed by atoms with Crippen molar-refractivity contribution in [3.63, 3.8) is 0 Å². The van der Waals surface area contributed by atoms with Crippen molar-refractivity contribution in [2.45, 2.75) is 25.8 Å². The predicted molar refractivity (Wildman–Crippen MR) is 91.6 cm³/mol. The Balaban J connectivity index is 1.47. The fourth-order valence-electron chi connectivity index (χ4n) is 2.91. The number of aromatic nitrogens is 2. The van der Waals surface area contributed by atoms with E-state index in [0.717, 1.165) is 10.4 Å². The van der Waals surface area contributed by atoms with Crippen molar-refractivity contribution in [2.75, 3.05) is 6.54 Å². The van der Waals surface area contributed by atoms with Crippen molar-refractivity contribution in [3.8, 4) is 10.7 Å². The lowest BCUT2D eigenvalue weighted by Gasteiger charge is -2.16. The van der Waals surface area contributed by atoms with Crippen LogP contribution in [0.3, 0.4) is 0 Å². The highest BCUT2D eigenvalue weighted by molar-refractivity contribution is 7.13. The van der Waals surface area contributed by atoms with Crippen LogP contribution in [-0.4, -0.2) is 27.5 Å². The number of likely N-dealkylation sites (tertiary alicyclic amines) is 1. The first-order chi connectivity index (χ1) is 11.7. The fraction of sp³-hybridized carbons (Fsp3) is 0.278. The Bertz CT molecular complexity index is 840. The summed E-state index contributed by atoms with van der Waals surface area (Å²) < 4.78 is 5.40. The third kappa shape index (κ3) is 2.97. The summed E-state index contributed by atoms with van der Waals surface area (Å²) in [6.07, 6.45) is 0.429. The third-order valence-corrected chi connectivity index (χ3v) is 5.11. The Morgan fingerprint density at radius 2 is 2.12 bits per heavy atom. The SMILES string of the molecule is Cc1ccc(CN2CC(c3nc(-c4cccs4)no3)CC2=O)cc1. The first-order valence-electron chi connectivity index (χ1n) is 7.90. The second kappa shape index (κ2) is 6.20. The first kappa shape index (κ1) is 15.1. The monoisotopic (exact) mass is 339 g/mol. The van der Waals surface area contributed by atoms with Crippen molar-refractivity contribution in [3.05, 3.63) is 58.8 Å². The summed E-state index contributed by atoms with van der Waals surface area (Å²) in [6, 6.07) is 12.2. The number of thiophene rings is 1. The van der Waals surface area contributed by atoms with Gasteiger partial charge in [0.2, 0.25) is 17.6 Å². The van der Waals surface area contributed by atoms with Gasteiger partial charge in [0.15, 0.2) is 0 Å². The molecule has 1 amide bonds. The zero-order valence-electron chi connectivity index (χ0n) is 13.3. The van der Waals surface area contributed by atoms with E-state index >= 15 is 0 Å². The number of rotatable bonds is 4. The zero-order chi connectivity index (χ0) is 16.5. The van der Waals surface area contributed by atoms with Crippen LogP contribution in [0.1, 0.15) is 29.4 Å². The van der Waals surface area contributed by atoms with Crippen molar-refractivity contribution in [1.82, 2.24) is 15.0 Å². The normalized spacial score (nSPS) is 17.6. The van der Waals surface area contributed by atoms with E-state index in [4.69, 9.17) is 4.52 Å². The molecule has 5 nitrogen and oxygen atoms in total. The van der Waals surface area contributed by atoms with E-state index in [1.165, 1.54) is 5.56 Å². The second-order valence-corrected chi connectivity index (χ2v) is 7.04. The Labute approximate surface area is 143 Å². The second-order valence-electron chi connectivity index (χ2n) is 6.09. The van der Waals surface area contributed by atoms with Crippen molar-refractivity contribution < 1.29 is 9.32 Å². The molecule has 1 fully saturated rings. The Morgan fingerprint density at radius 1 is 1.29 bits per heavy atom. The number of benzene rings is 1. The van der Waals surface area contributed by atoms with Crippen LogP contribution in [-0.2, 0) is 11.3 Å². The number of hydrogen-bond donors (Lipinski definition) is 0. The highest BCUT2D eigenvalue weighted by atomic mass is 32.1. The first-order valence-corrected chi connectivity index (χ1v) is 8.78. The van der Waals surface area contributed by atoms with Crippen LogP contribution < -0.4 is 0 Å². The van der Waals surface area contributed by atoms with E-state index in [-0.39, 0.29) is 11.8 Å². The van der Waals surface area contributed by atoms with Crippen molar-refractivity contribution in [2.24, 2.45) is 0 Å². The molecule has 1 aromatic carbocycles. The molecule has 0 bridgehead atoms. The zero-order valence-corrected chi connectivity index (χ0v) is 14.1. The van der Waals surface area contributed by atoms with E-state index in [0.29, 0.717) is 31.2 Å². The minimum Gasteiger partial charge on any atom is -0.339 e. The molecule has 3 heterocycles. The molecular formula is C18H17N3O2S. The molecule has 1 atom stereocenters. The molecule has 1 aliphatic rings. The van der Waals surface area contributed by atoms with Gasteiger partial charge >= 0.3 is 0 Å². The van der Waals surface area contributed by atoms with Gasteiger partial charge in [-0.05, 0) is 23.9 Å². The van der Waals surface area contributed by atoms with Gasteiger partial charge in [0.1, 0.15) is 0 Å². The standard InChI is InChI=1S/C18H17N3O2S/c1-12-4-6-13(7-5-12)10-21-11-14(9-16(21)22)18-19-17(20-23-18)15-3-2-8-24-15/h2-8,14H,9-11H2,1H3. The molecule has 4 rings (SSSR count). The minimum absolute atomic E-state index is 0.0239. The molecule has 0 radical (unpaired) electrons. The summed E-state index contributed by atoms with van der Waals surface area (Å²) in [7, 11) is 0. The molecule has 0 aliphatic carbocycles. The number of hydrogen-bond acceptors (Lipinski definition) is 5. The number of carbonyl (C=O) groups excluding carboxylic acids is 1. The molecule has 0 spiro atoms. The van der Waals surface area contributed by atoms with Gasteiger partial charge in [0, 0.05) is 19.5 Å². The van der Waals surface area contributed by atoms with Crippen LogP contribution in [0.25, 0.3) is 10.7 Å². The van der Waals surface area contributed by atoms with Gasteiger partial charge in [0.05, 0.1) is 10.8 Å². The van der Waals surface area contributed by atoms with Crippen molar-refractivity contribution in [1.29, 1.82) is 0 Å². The summed E-state index contributed by atoms with van der Waals surface area (Å²) in [6.45, 7) is 3.31. The molecule has 1 aliphatic heterocycles. The van der Waals surface area contributed by atoms with Gasteiger partial charge in [-0.1, -0.05) is 41.1 Å². The molecule has 0 saturated carbocycles. The Kier molecular flexibility index (Phi) is 3.90. The average molecular weight is 339 g/mol. The maximum Gasteiger partial charge on any atom is 0.232 e. The van der Waals surface area contributed by atoms with Crippen molar-refractivity contribution >= 4 is 17.2 Å². The van der Waals surface area contributed by atoms with E-state index < -0.39 is 0 Å². The lowest BCUT2D eigenvalue weighted by atomic mass is 10.1. The van der Waals surface area contributed by atoms with Crippen LogP contribution in [0.15, 0.2) is 46.3 Å². The van der Waals surface area contributed by atoms with Gasteiger partial charge < -0.3 is 9.42 Å². The molecule has 1 unspecified atom stereocenters. The van der Waals surface area contributed by atoms with E-state index in [1.54, 1.807) is 11.3 Å². The van der Waals surface area contributed by atoms with Crippen LogP contribution in [0.4, 0.5) is 0 Å². The lowest BCUT2D eigenvalue weighted by molar-refractivity contribution is -0.128. The minimum atomic E-state index is -0.0239. The topological polar surface area (TPSA) is 59.2 Å². The van der Waals surface area contributed by atoms with E-state index in [2.05, 4.69) is 41.3 Å². The molecule has 0 N–H and O–H groups in total. The number of carbonyl (C=O) groups is 1. The van der Waals surface area contributed by atoms with Gasteiger partial charge in [-0.3, -0.25) is 4.79 Å². The largest absolute Gasteiger partial charge is 0.339 e. The van der Waals surface area contributed by atoms with Gasteiger partial charge in [0.25, 0.3) is 0 Å². The maximum atomic E-state index is 12.3. The molecule has 2 aromatic heterocycles. The van der Waals surface area contributed by atoms with E-state index in [1.807, 2.05) is 22.4 Å². The molecule has 6 heteroatoms.